The minimum atomic E-state index is -0.786. The van der Waals surface area contributed by atoms with Crippen LogP contribution in [0.15, 0.2) is 36.4 Å². The second-order valence-electron chi connectivity index (χ2n) is 20.3. The van der Waals surface area contributed by atoms with E-state index in [9.17, 15) is 19.8 Å². The van der Waals surface area contributed by atoms with Gasteiger partial charge in [0.1, 0.15) is 6.61 Å². The summed E-state index contributed by atoms with van der Waals surface area (Å²) in [5.74, 6) is 0.300. The molecule has 8 nitrogen and oxygen atoms in total. The summed E-state index contributed by atoms with van der Waals surface area (Å²) in [6.45, 7) is 4.51. The molecule has 1 aliphatic rings. The Labute approximate surface area is 421 Å². The molecule has 3 rings (SSSR count). The standard InChI is InChI=1S/C61H100O8/c1-4-6-8-10-12-14-16-18-20-22-24-26-28-30-32-34-36-38-40-42-58(64)67-50-57-60(52-44-47-54(63)56(49-52)66-3)69-61-55(68-57)48-45-51(59(61)65)43-46-53(62)41-39-37-35-33-31-29-27-25-23-21-19-17-15-13-11-9-7-5-2/h43-49,57,60,63,65H,4-42,50H2,1-3H3/b46-43+/t57-,60-/m0/s1. The predicted molar refractivity (Wildman–Crippen MR) is 287 cm³/mol. The Bertz CT molecular complexity index is 1640. The van der Waals surface area contributed by atoms with E-state index in [2.05, 4.69) is 13.8 Å². The number of methoxy groups -OCH3 is 1. The Morgan fingerprint density at radius 1 is 0.536 bits per heavy atom. The van der Waals surface area contributed by atoms with Crippen LogP contribution < -0.4 is 14.2 Å². The van der Waals surface area contributed by atoms with Gasteiger partial charge in [-0.3, -0.25) is 9.59 Å². The number of carbonyl (C=O) groups excluding carboxylic acids is 2. The van der Waals surface area contributed by atoms with Crippen LogP contribution in [0.2, 0.25) is 0 Å². The molecule has 0 saturated heterocycles. The number of hydrogen-bond acceptors (Lipinski definition) is 8. The third kappa shape index (κ3) is 27.5. The quantitative estimate of drug-likeness (QED) is 0.0384. The highest BCUT2D eigenvalue weighted by Gasteiger charge is 2.36. The number of phenolic OH excluding ortho intramolecular Hbond substituents is 2. The van der Waals surface area contributed by atoms with Crippen molar-refractivity contribution < 1.29 is 38.7 Å². The van der Waals surface area contributed by atoms with Crippen LogP contribution in [0.5, 0.6) is 28.7 Å². The van der Waals surface area contributed by atoms with Gasteiger partial charge in [0.2, 0.25) is 5.75 Å². The average Bonchev–Trinajstić information content (AvgIpc) is 3.35. The van der Waals surface area contributed by atoms with Crippen molar-refractivity contribution in [3.05, 3.63) is 47.5 Å². The fourth-order valence-corrected chi connectivity index (χ4v) is 9.67. The summed E-state index contributed by atoms with van der Waals surface area (Å²) in [5, 5.41) is 21.7. The molecule has 0 saturated carbocycles. The molecule has 69 heavy (non-hydrogen) atoms. The number of esters is 1. The highest BCUT2D eigenvalue weighted by atomic mass is 16.6. The number of rotatable bonds is 45. The van der Waals surface area contributed by atoms with E-state index in [1.807, 2.05) is 0 Å². The number of allylic oxidation sites excluding steroid dienone is 1. The van der Waals surface area contributed by atoms with Crippen LogP contribution in [0.3, 0.4) is 0 Å². The number of carbonyl (C=O) groups is 2. The van der Waals surface area contributed by atoms with Crippen molar-refractivity contribution in [2.75, 3.05) is 13.7 Å². The lowest BCUT2D eigenvalue weighted by Crippen LogP contribution is -2.37. The van der Waals surface area contributed by atoms with Crippen molar-refractivity contribution in [3.8, 4) is 28.7 Å². The molecule has 2 N–H and O–H groups in total. The van der Waals surface area contributed by atoms with Gasteiger partial charge in [0.25, 0.3) is 0 Å². The minimum Gasteiger partial charge on any atom is -0.504 e. The fraction of sp³-hybridized carbons (Fsp3) is 0.738. The van der Waals surface area contributed by atoms with E-state index in [0.717, 1.165) is 38.5 Å². The summed E-state index contributed by atoms with van der Waals surface area (Å²) >= 11 is 0. The number of aromatic hydroxyl groups is 2. The molecule has 2 aromatic carbocycles. The van der Waals surface area contributed by atoms with Gasteiger partial charge in [-0.2, -0.15) is 0 Å². The number of benzene rings is 2. The molecule has 0 bridgehead atoms. The van der Waals surface area contributed by atoms with Crippen LogP contribution in [0.1, 0.15) is 281 Å². The Morgan fingerprint density at radius 3 is 1.39 bits per heavy atom. The van der Waals surface area contributed by atoms with E-state index in [1.165, 1.54) is 218 Å². The minimum absolute atomic E-state index is 0.0223. The Kier molecular flexibility index (Phi) is 34.5. The first-order valence-corrected chi connectivity index (χ1v) is 28.8. The molecule has 0 aliphatic carbocycles. The van der Waals surface area contributed by atoms with Gasteiger partial charge in [0.05, 0.1) is 7.11 Å². The molecule has 1 aliphatic heterocycles. The topological polar surface area (TPSA) is 112 Å². The number of phenols is 2. The van der Waals surface area contributed by atoms with E-state index in [0.29, 0.717) is 29.7 Å². The number of ketones is 1. The molecule has 0 radical (unpaired) electrons. The predicted octanol–water partition coefficient (Wildman–Crippen LogP) is 18.4. The Morgan fingerprint density at radius 2 is 0.957 bits per heavy atom. The number of ether oxygens (including phenoxy) is 4. The van der Waals surface area contributed by atoms with E-state index in [1.54, 1.807) is 30.3 Å². The van der Waals surface area contributed by atoms with Gasteiger partial charge >= 0.3 is 5.97 Å². The van der Waals surface area contributed by atoms with E-state index in [4.69, 9.17) is 18.9 Å². The summed E-state index contributed by atoms with van der Waals surface area (Å²) < 4.78 is 23.9. The molecule has 0 amide bonds. The smallest absolute Gasteiger partial charge is 0.305 e. The molecule has 1 heterocycles. The highest BCUT2D eigenvalue weighted by Crippen LogP contribution is 2.48. The van der Waals surface area contributed by atoms with Crippen molar-refractivity contribution in [2.45, 2.75) is 276 Å². The maximum absolute atomic E-state index is 12.9. The molecule has 0 fully saturated rings. The first kappa shape index (κ1) is 59.6. The number of fused-ring (bicyclic) bond motifs is 1. The second kappa shape index (κ2) is 40.0. The lowest BCUT2D eigenvalue weighted by atomic mass is 10.0. The van der Waals surface area contributed by atoms with Gasteiger partial charge in [-0.15, -0.1) is 0 Å². The first-order chi connectivity index (χ1) is 33.9. The van der Waals surface area contributed by atoms with Crippen LogP contribution in [-0.4, -0.2) is 41.8 Å². The number of hydrogen-bond donors (Lipinski definition) is 2. The zero-order valence-electron chi connectivity index (χ0n) is 44.3. The van der Waals surface area contributed by atoms with E-state index >= 15 is 0 Å². The van der Waals surface area contributed by atoms with Crippen LogP contribution in [-0.2, 0) is 14.3 Å². The maximum atomic E-state index is 12.9. The van der Waals surface area contributed by atoms with Gasteiger partial charge < -0.3 is 29.2 Å². The first-order valence-electron chi connectivity index (χ1n) is 28.8. The van der Waals surface area contributed by atoms with Gasteiger partial charge in [0, 0.05) is 24.0 Å². The van der Waals surface area contributed by atoms with Gasteiger partial charge in [-0.25, -0.2) is 0 Å². The zero-order chi connectivity index (χ0) is 49.4. The zero-order valence-corrected chi connectivity index (χ0v) is 44.3. The van der Waals surface area contributed by atoms with Crippen molar-refractivity contribution in [1.82, 2.24) is 0 Å². The van der Waals surface area contributed by atoms with Crippen LogP contribution in [0, 0.1) is 0 Å². The van der Waals surface area contributed by atoms with Crippen molar-refractivity contribution in [3.63, 3.8) is 0 Å². The third-order valence-corrected chi connectivity index (χ3v) is 14.1. The lowest BCUT2D eigenvalue weighted by Gasteiger charge is -2.34. The van der Waals surface area contributed by atoms with Gasteiger partial charge in [-0.05, 0) is 49.3 Å². The van der Waals surface area contributed by atoms with Crippen molar-refractivity contribution in [1.29, 1.82) is 0 Å². The summed E-state index contributed by atoms with van der Waals surface area (Å²) in [7, 11) is 1.47. The molecule has 392 valence electrons. The molecule has 0 aromatic heterocycles. The fourth-order valence-electron chi connectivity index (χ4n) is 9.67. The van der Waals surface area contributed by atoms with Gasteiger partial charge in [-0.1, -0.05) is 245 Å². The third-order valence-electron chi connectivity index (χ3n) is 14.1. The summed E-state index contributed by atoms with van der Waals surface area (Å²) in [6.07, 6.45) is 50.8. The molecule has 0 unspecified atom stereocenters. The molecular weight excluding hydrogens is 861 g/mol. The lowest BCUT2D eigenvalue weighted by molar-refractivity contribution is -0.148. The molecular formula is C61H100O8. The molecule has 0 spiro atoms. The summed E-state index contributed by atoms with van der Waals surface area (Å²) in [5.41, 5.74) is 1.06. The Balaban J connectivity index is 1.31. The average molecular weight is 961 g/mol. The summed E-state index contributed by atoms with van der Waals surface area (Å²) in [4.78, 5) is 25.7. The van der Waals surface area contributed by atoms with Crippen molar-refractivity contribution >= 4 is 17.8 Å². The largest absolute Gasteiger partial charge is 0.504 e. The van der Waals surface area contributed by atoms with Gasteiger partial charge in [0.15, 0.2) is 41.0 Å². The van der Waals surface area contributed by atoms with Crippen LogP contribution >= 0.6 is 0 Å². The Hall–Kier alpha value is -3.68. The monoisotopic (exact) mass is 961 g/mol. The number of unbranched alkanes of at least 4 members (excludes halogenated alkanes) is 35. The SMILES string of the molecule is CCCCCCCCCCCCCCCCCCCCCC(=O)OC[C@@H]1Oc2ccc(/C=C/C(=O)CCCCCCCCCCCCCCCCCCCC)c(O)c2O[C@H]1c1ccc(O)c(OC)c1. The molecule has 2 atom stereocenters. The molecule has 8 heteroatoms. The highest BCUT2D eigenvalue weighted by molar-refractivity contribution is 5.94. The van der Waals surface area contributed by atoms with E-state index in [-0.39, 0.29) is 41.4 Å². The van der Waals surface area contributed by atoms with Crippen LogP contribution in [0.25, 0.3) is 6.08 Å². The summed E-state index contributed by atoms with van der Waals surface area (Å²) in [6, 6.07) is 8.27. The van der Waals surface area contributed by atoms with E-state index < -0.39 is 12.2 Å². The van der Waals surface area contributed by atoms with Crippen LogP contribution in [0.4, 0.5) is 0 Å². The molecule has 2 aromatic rings. The normalized spacial score (nSPS) is 14.4. The maximum Gasteiger partial charge on any atom is 0.305 e. The van der Waals surface area contributed by atoms with Crippen molar-refractivity contribution in [2.24, 2.45) is 0 Å². The second-order valence-corrected chi connectivity index (χ2v) is 20.3.